The van der Waals surface area contributed by atoms with Gasteiger partial charge in [-0.2, -0.15) is 23.5 Å². The van der Waals surface area contributed by atoms with Crippen molar-refractivity contribution in [3.8, 4) is 55.6 Å². The van der Waals surface area contributed by atoms with Crippen LogP contribution in [0.1, 0.15) is 22.3 Å². The van der Waals surface area contributed by atoms with Gasteiger partial charge in [0.1, 0.15) is 0 Å². The monoisotopic (exact) mass is 574 g/mol. The summed E-state index contributed by atoms with van der Waals surface area (Å²) in [4.78, 5) is 0. The molecule has 0 amide bonds. The number of benzene rings is 6. The molecule has 8 bridgehead atoms. The third-order valence-corrected chi connectivity index (χ3v) is 10.6. The van der Waals surface area contributed by atoms with Crippen LogP contribution >= 0.6 is 23.5 Å². The Kier molecular flexibility index (Phi) is 6.75. The summed E-state index contributed by atoms with van der Waals surface area (Å²) >= 11 is 4.02. The molecule has 0 unspecified atom stereocenters. The predicted octanol–water partition coefficient (Wildman–Crippen LogP) is 11.5. The fourth-order valence-electron chi connectivity index (χ4n) is 6.43. The van der Waals surface area contributed by atoms with Crippen molar-refractivity contribution >= 4 is 23.5 Å². The quantitative estimate of drug-likeness (QED) is 0.177. The number of fused-ring (bicyclic) bond motifs is 12. The van der Waals surface area contributed by atoms with Gasteiger partial charge in [-0.15, -0.1) is 0 Å². The Labute approximate surface area is 256 Å². The first-order valence-corrected chi connectivity index (χ1v) is 16.9. The molecular weight excluding hydrogens is 545 g/mol. The maximum absolute atomic E-state index is 2.48. The van der Waals surface area contributed by atoms with E-state index in [1.165, 1.54) is 77.9 Å². The molecule has 0 nitrogen and oxygen atoms in total. The van der Waals surface area contributed by atoms with Crippen molar-refractivity contribution in [1.29, 1.82) is 0 Å². The lowest BCUT2D eigenvalue weighted by Gasteiger charge is -2.18. The van der Waals surface area contributed by atoms with Crippen molar-refractivity contribution in [2.45, 2.75) is 23.0 Å². The van der Waals surface area contributed by atoms with Crippen LogP contribution in [0.15, 0.2) is 133 Å². The third kappa shape index (κ3) is 4.79. The van der Waals surface area contributed by atoms with E-state index in [2.05, 4.69) is 133 Å². The third-order valence-electron chi connectivity index (χ3n) is 8.51. The van der Waals surface area contributed by atoms with Crippen LogP contribution in [-0.2, 0) is 23.0 Å². The zero-order valence-corrected chi connectivity index (χ0v) is 25.0. The number of rotatable bonds is 0. The Morgan fingerprint density at radius 3 is 1.67 bits per heavy atom. The van der Waals surface area contributed by atoms with E-state index in [0.717, 1.165) is 23.0 Å². The van der Waals surface area contributed by atoms with Crippen LogP contribution in [0.3, 0.4) is 0 Å². The summed E-state index contributed by atoms with van der Waals surface area (Å²) in [7, 11) is 0. The second kappa shape index (κ2) is 11.0. The SMILES string of the molecule is c1cc2cc(c1)-c1ccccc1-c1ccc3c(c1)-c1cc(ccc1CSC2)CSCc1ccccc1-c1cccc-3c1. The van der Waals surface area contributed by atoms with Crippen molar-refractivity contribution in [3.63, 3.8) is 0 Å². The fourth-order valence-corrected chi connectivity index (χ4v) is 8.41. The highest BCUT2D eigenvalue weighted by Gasteiger charge is 2.18. The van der Waals surface area contributed by atoms with Gasteiger partial charge in [0.15, 0.2) is 0 Å². The normalized spacial score (nSPS) is 13.6. The van der Waals surface area contributed by atoms with Crippen LogP contribution in [0.4, 0.5) is 0 Å². The molecule has 0 radical (unpaired) electrons. The predicted molar refractivity (Wildman–Crippen MR) is 184 cm³/mol. The molecular formula is C40H30S2. The molecule has 6 aromatic carbocycles. The van der Waals surface area contributed by atoms with Gasteiger partial charge in [0.25, 0.3) is 0 Å². The molecule has 0 saturated heterocycles. The topological polar surface area (TPSA) is 0 Å². The molecule has 2 heteroatoms. The van der Waals surface area contributed by atoms with Gasteiger partial charge in [-0.25, -0.2) is 0 Å². The van der Waals surface area contributed by atoms with Gasteiger partial charge in [0.2, 0.25) is 0 Å². The molecule has 6 aromatic rings. The average molecular weight is 575 g/mol. The first kappa shape index (κ1) is 25.7. The van der Waals surface area contributed by atoms with Gasteiger partial charge < -0.3 is 0 Å². The zero-order chi connectivity index (χ0) is 27.9. The molecule has 42 heavy (non-hydrogen) atoms. The van der Waals surface area contributed by atoms with Gasteiger partial charge >= 0.3 is 0 Å². The van der Waals surface area contributed by atoms with Crippen LogP contribution in [0, 0.1) is 0 Å². The molecule has 0 saturated carbocycles. The number of hydrogen-bond acceptors (Lipinski definition) is 2. The van der Waals surface area contributed by atoms with E-state index in [-0.39, 0.29) is 0 Å². The summed E-state index contributed by atoms with van der Waals surface area (Å²) in [5.74, 6) is 3.97. The minimum Gasteiger partial charge on any atom is -0.152 e. The van der Waals surface area contributed by atoms with E-state index in [0.29, 0.717) is 0 Å². The van der Waals surface area contributed by atoms with E-state index in [1.807, 2.05) is 23.5 Å². The summed E-state index contributed by atoms with van der Waals surface area (Å²) in [6.07, 6.45) is 0. The number of thioether (sulfide) groups is 2. The highest BCUT2D eigenvalue weighted by Crippen LogP contribution is 2.43. The fraction of sp³-hybridized carbons (Fsp3) is 0.100. The molecule has 2 aliphatic heterocycles. The van der Waals surface area contributed by atoms with E-state index in [9.17, 15) is 0 Å². The summed E-state index contributed by atoms with van der Waals surface area (Å²) in [6.45, 7) is 0. The molecule has 2 heterocycles. The molecule has 0 fully saturated rings. The Morgan fingerprint density at radius 1 is 0.310 bits per heavy atom. The van der Waals surface area contributed by atoms with E-state index >= 15 is 0 Å². The molecule has 8 rings (SSSR count). The molecule has 202 valence electrons. The Balaban J connectivity index is 1.42. The van der Waals surface area contributed by atoms with E-state index in [4.69, 9.17) is 0 Å². The highest BCUT2D eigenvalue weighted by molar-refractivity contribution is 7.98. The highest BCUT2D eigenvalue weighted by atomic mass is 32.2. The Morgan fingerprint density at radius 2 is 0.881 bits per heavy atom. The second-order valence-corrected chi connectivity index (χ2v) is 13.2. The largest absolute Gasteiger partial charge is 0.152 e. The van der Waals surface area contributed by atoms with Gasteiger partial charge in [-0.3, -0.25) is 0 Å². The molecule has 0 aromatic heterocycles. The standard InChI is InChI=1S/C40H30S2/c1-2-12-35-30-10-6-11-31(21-30)38-18-17-32-22-40(38)39-20-28(24-42-25-33(35)8-1)15-16-34(39)26-41-23-27-7-5-9-29(19-27)36-13-3-4-14-37(32)36/h1-22H,23-26H2. The van der Waals surface area contributed by atoms with Crippen LogP contribution in [0.5, 0.6) is 0 Å². The molecule has 0 N–H and O–H groups in total. The Bertz CT molecular complexity index is 1950. The van der Waals surface area contributed by atoms with Crippen LogP contribution in [0.25, 0.3) is 55.6 Å². The lowest BCUT2D eigenvalue weighted by atomic mass is 9.86. The molecule has 0 aliphatic carbocycles. The van der Waals surface area contributed by atoms with Crippen molar-refractivity contribution in [3.05, 3.63) is 156 Å². The number of hydrogen-bond donors (Lipinski definition) is 0. The van der Waals surface area contributed by atoms with E-state index < -0.39 is 0 Å². The maximum Gasteiger partial charge on any atom is 0.0194 e. The lowest BCUT2D eigenvalue weighted by molar-refractivity contribution is 1.32. The van der Waals surface area contributed by atoms with Gasteiger partial charge in [0, 0.05) is 23.0 Å². The van der Waals surface area contributed by atoms with Crippen molar-refractivity contribution in [1.82, 2.24) is 0 Å². The minimum absolute atomic E-state index is 0.981. The first-order chi connectivity index (χ1) is 20.8. The molecule has 0 atom stereocenters. The van der Waals surface area contributed by atoms with Gasteiger partial charge in [-0.1, -0.05) is 115 Å². The van der Waals surface area contributed by atoms with Gasteiger partial charge in [-0.05, 0) is 96.1 Å². The summed E-state index contributed by atoms with van der Waals surface area (Å²) in [6, 6.07) is 50.4. The summed E-state index contributed by atoms with van der Waals surface area (Å²) < 4.78 is 0. The van der Waals surface area contributed by atoms with Crippen LogP contribution in [-0.4, -0.2) is 0 Å². The smallest absolute Gasteiger partial charge is 0.0194 e. The van der Waals surface area contributed by atoms with Crippen molar-refractivity contribution in [2.24, 2.45) is 0 Å². The summed E-state index contributed by atoms with van der Waals surface area (Å²) in [5.41, 5.74) is 18.6. The lowest BCUT2D eigenvalue weighted by Crippen LogP contribution is -1.95. The van der Waals surface area contributed by atoms with E-state index in [1.54, 1.807) is 0 Å². The minimum atomic E-state index is 0.981. The summed E-state index contributed by atoms with van der Waals surface area (Å²) in [5, 5.41) is 0. The van der Waals surface area contributed by atoms with Gasteiger partial charge in [0.05, 0.1) is 0 Å². The maximum atomic E-state index is 2.48. The van der Waals surface area contributed by atoms with Crippen LogP contribution < -0.4 is 0 Å². The Hall–Kier alpha value is -3.98. The molecule has 2 aliphatic rings. The second-order valence-electron chi connectivity index (χ2n) is 11.2. The average Bonchev–Trinajstić information content (AvgIpc) is 3.05. The molecule has 0 spiro atoms. The van der Waals surface area contributed by atoms with Crippen LogP contribution in [0.2, 0.25) is 0 Å². The zero-order valence-electron chi connectivity index (χ0n) is 23.3. The van der Waals surface area contributed by atoms with Crippen molar-refractivity contribution < 1.29 is 0 Å². The van der Waals surface area contributed by atoms with Crippen molar-refractivity contribution in [2.75, 3.05) is 0 Å². The first-order valence-electron chi connectivity index (χ1n) is 14.6.